The minimum absolute atomic E-state index is 0.513. The average Bonchev–Trinajstić information content (AvgIpc) is 3.19. The van der Waals surface area contributed by atoms with Gasteiger partial charge >= 0.3 is 0 Å². The topological polar surface area (TPSA) is 68.0 Å². The highest BCUT2D eigenvalue weighted by Crippen LogP contribution is 2.05. The number of guanidine groups is 1. The summed E-state index contributed by atoms with van der Waals surface area (Å²) in [4.78, 5) is 4.24. The van der Waals surface area contributed by atoms with Crippen LogP contribution in [0.5, 0.6) is 0 Å². The lowest BCUT2D eigenvalue weighted by molar-refractivity contribution is 0.105. The van der Waals surface area contributed by atoms with Crippen LogP contribution in [0.1, 0.15) is 30.2 Å². The first-order chi connectivity index (χ1) is 12.8. The molecule has 2 aromatic rings. The van der Waals surface area contributed by atoms with Crippen LogP contribution >= 0.6 is 0 Å². The van der Waals surface area contributed by atoms with Crippen molar-refractivity contribution in [3.05, 3.63) is 59.5 Å². The van der Waals surface area contributed by atoms with Gasteiger partial charge in [0.15, 0.2) is 5.96 Å². The van der Waals surface area contributed by atoms with Crippen molar-refractivity contribution in [2.75, 3.05) is 26.8 Å². The normalized spacial score (nSPS) is 11.5. The van der Waals surface area contributed by atoms with Crippen LogP contribution in [0.2, 0.25) is 0 Å². The van der Waals surface area contributed by atoms with Gasteiger partial charge in [0.05, 0.1) is 12.9 Å². The Bertz CT molecular complexity index is 624. The molecule has 0 amide bonds. The Morgan fingerprint density at radius 2 is 1.85 bits per heavy atom. The molecule has 0 unspecified atom stereocenters. The third-order valence-electron chi connectivity index (χ3n) is 3.76. The van der Waals surface area contributed by atoms with Gasteiger partial charge in [-0.05, 0) is 36.6 Å². The summed E-state index contributed by atoms with van der Waals surface area (Å²) in [5, 5.41) is 6.60. The van der Waals surface area contributed by atoms with E-state index in [9.17, 15) is 0 Å². The number of nitrogens with zero attached hydrogens (tertiary/aromatic N) is 1. The second-order valence-electron chi connectivity index (χ2n) is 5.79. The number of nitrogens with one attached hydrogen (secondary N) is 2. The van der Waals surface area contributed by atoms with Gasteiger partial charge in [0.25, 0.3) is 0 Å². The highest BCUT2D eigenvalue weighted by atomic mass is 16.5. The molecule has 0 atom stereocenters. The van der Waals surface area contributed by atoms with Crippen molar-refractivity contribution in [1.29, 1.82) is 0 Å². The Labute approximate surface area is 155 Å². The maximum atomic E-state index is 5.56. The van der Waals surface area contributed by atoms with Gasteiger partial charge in [-0.25, -0.2) is 0 Å². The van der Waals surface area contributed by atoms with Crippen LogP contribution in [0.15, 0.2) is 52.1 Å². The first-order valence-electron chi connectivity index (χ1n) is 9.02. The summed E-state index contributed by atoms with van der Waals surface area (Å²) in [6.45, 7) is 6.11. The molecule has 6 nitrogen and oxygen atoms in total. The summed E-state index contributed by atoms with van der Waals surface area (Å²) < 4.78 is 16.2. The number of rotatable bonds is 11. The maximum Gasteiger partial charge on any atom is 0.191 e. The lowest BCUT2D eigenvalue weighted by Gasteiger charge is -2.12. The standard InChI is InChI=1S/C20H29N3O3/c1-3-24-15-18-9-7-17(8-10-18)14-23-20(21-2)22-11-5-12-25-16-19-6-4-13-26-19/h4,6-10,13H,3,5,11-12,14-16H2,1-2H3,(H2,21,22,23). The van der Waals surface area contributed by atoms with Gasteiger partial charge in [-0.15, -0.1) is 0 Å². The van der Waals surface area contributed by atoms with Crippen LogP contribution in [-0.4, -0.2) is 32.8 Å². The van der Waals surface area contributed by atoms with Crippen LogP contribution in [0.3, 0.4) is 0 Å². The van der Waals surface area contributed by atoms with E-state index in [0.717, 1.165) is 37.8 Å². The molecule has 0 aliphatic rings. The fraction of sp³-hybridized carbons (Fsp3) is 0.450. The van der Waals surface area contributed by atoms with E-state index in [1.165, 1.54) is 11.1 Å². The van der Waals surface area contributed by atoms with Crippen LogP contribution in [-0.2, 0) is 29.2 Å². The molecule has 0 saturated heterocycles. The number of ether oxygens (including phenoxy) is 2. The summed E-state index contributed by atoms with van der Waals surface area (Å²) in [5.41, 5.74) is 2.39. The highest BCUT2D eigenvalue weighted by molar-refractivity contribution is 5.79. The van der Waals surface area contributed by atoms with E-state index in [1.54, 1.807) is 13.3 Å². The molecule has 1 heterocycles. The molecule has 2 N–H and O–H groups in total. The summed E-state index contributed by atoms with van der Waals surface area (Å²) in [6.07, 6.45) is 2.55. The Hall–Kier alpha value is -2.31. The number of hydrogen-bond acceptors (Lipinski definition) is 4. The molecule has 0 spiro atoms. The second kappa shape index (κ2) is 12.1. The van der Waals surface area contributed by atoms with Crippen molar-refractivity contribution in [3.8, 4) is 0 Å². The van der Waals surface area contributed by atoms with E-state index in [4.69, 9.17) is 13.9 Å². The van der Waals surface area contributed by atoms with E-state index in [1.807, 2.05) is 19.1 Å². The first kappa shape index (κ1) is 20.0. The van der Waals surface area contributed by atoms with Gasteiger partial charge in [-0.1, -0.05) is 24.3 Å². The molecule has 1 aromatic heterocycles. The fourth-order valence-corrected chi connectivity index (χ4v) is 2.33. The number of benzene rings is 1. The zero-order valence-corrected chi connectivity index (χ0v) is 15.7. The molecule has 1 aromatic carbocycles. The highest BCUT2D eigenvalue weighted by Gasteiger charge is 2.00. The molecule has 0 aliphatic carbocycles. The van der Waals surface area contributed by atoms with Crippen molar-refractivity contribution >= 4 is 5.96 Å². The molecule has 142 valence electrons. The lowest BCUT2D eigenvalue weighted by Crippen LogP contribution is -2.37. The molecule has 6 heteroatoms. The van der Waals surface area contributed by atoms with Gasteiger partial charge in [0.1, 0.15) is 12.4 Å². The quantitative estimate of drug-likeness (QED) is 0.367. The number of furan rings is 1. The van der Waals surface area contributed by atoms with Gasteiger partial charge < -0.3 is 24.5 Å². The number of aliphatic imine (C=N–C) groups is 1. The zero-order valence-electron chi connectivity index (χ0n) is 15.7. The molecule has 26 heavy (non-hydrogen) atoms. The summed E-state index contributed by atoms with van der Waals surface area (Å²) in [6, 6.07) is 12.2. The third kappa shape index (κ3) is 7.72. The van der Waals surface area contributed by atoms with E-state index < -0.39 is 0 Å². The smallest absolute Gasteiger partial charge is 0.191 e. The summed E-state index contributed by atoms with van der Waals surface area (Å²) in [5.74, 6) is 1.64. The van der Waals surface area contributed by atoms with E-state index >= 15 is 0 Å². The first-order valence-corrected chi connectivity index (χ1v) is 9.02. The second-order valence-corrected chi connectivity index (χ2v) is 5.79. The Morgan fingerprint density at radius 1 is 1.04 bits per heavy atom. The monoisotopic (exact) mass is 359 g/mol. The average molecular weight is 359 g/mol. The van der Waals surface area contributed by atoms with Gasteiger partial charge in [-0.3, -0.25) is 4.99 Å². The van der Waals surface area contributed by atoms with Crippen molar-refractivity contribution in [2.24, 2.45) is 4.99 Å². The van der Waals surface area contributed by atoms with Crippen LogP contribution in [0, 0.1) is 0 Å². The third-order valence-corrected chi connectivity index (χ3v) is 3.76. The molecule has 0 aliphatic heterocycles. The fourth-order valence-electron chi connectivity index (χ4n) is 2.33. The lowest BCUT2D eigenvalue weighted by atomic mass is 10.1. The Kier molecular flexibility index (Phi) is 9.32. The minimum Gasteiger partial charge on any atom is -0.467 e. The van der Waals surface area contributed by atoms with Crippen molar-refractivity contribution in [2.45, 2.75) is 33.1 Å². The largest absolute Gasteiger partial charge is 0.467 e. The molecule has 2 rings (SSSR count). The van der Waals surface area contributed by atoms with Crippen molar-refractivity contribution in [1.82, 2.24) is 10.6 Å². The molecular weight excluding hydrogens is 330 g/mol. The molecule has 0 radical (unpaired) electrons. The minimum atomic E-state index is 0.513. The maximum absolute atomic E-state index is 5.56. The molecule has 0 saturated carbocycles. The van der Waals surface area contributed by atoms with Gasteiger partial charge in [-0.2, -0.15) is 0 Å². The van der Waals surface area contributed by atoms with Gasteiger partial charge in [0, 0.05) is 33.4 Å². The molecule has 0 fully saturated rings. The summed E-state index contributed by atoms with van der Waals surface area (Å²) in [7, 11) is 1.77. The van der Waals surface area contributed by atoms with Crippen molar-refractivity contribution in [3.63, 3.8) is 0 Å². The predicted octanol–water partition coefficient (Wildman–Crippen LogP) is 3.09. The van der Waals surface area contributed by atoms with E-state index in [2.05, 4.69) is 39.9 Å². The van der Waals surface area contributed by atoms with Crippen LogP contribution < -0.4 is 10.6 Å². The molecule has 0 bridgehead atoms. The van der Waals surface area contributed by atoms with Crippen molar-refractivity contribution < 1.29 is 13.9 Å². The Morgan fingerprint density at radius 3 is 2.54 bits per heavy atom. The SMILES string of the molecule is CCOCc1ccc(CNC(=NC)NCCCOCc2ccco2)cc1. The van der Waals surface area contributed by atoms with Crippen LogP contribution in [0.25, 0.3) is 0 Å². The Balaban J connectivity index is 1.58. The number of hydrogen-bond donors (Lipinski definition) is 2. The van der Waals surface area contributed by atoms with E-state index in [-0.39, 0.29) is 0 Å². The molecular formula is C20H29N3O3. The van der Waals surface area contributed by atoms with E-state index in [0.29, 0.717) is 19.8 Å². The zero-order chi connectivity index (χ0) is 18.5. The summed E-state index contributed by atoms with van der Waals surface area (Å²) >= 11 is 0. The van der Waals surface area contributed by atoms with Crippen LogP contribution in [0.4, 0.5) is 0 Å². The predicted molar refractivity (Wildman–Crippen MR) is 103 cm³/mol. The van der Waals surface area contributed by atoms with Gasteiger partial charge in [0.2, 0.25) is 0 Å².